The van der Waals surface area contributed by atoms with E-state index in [1.807, 2.05) is 7.05 Å². The highest BCUT2D eigenvalue weighted by molar-refractivity contribution is 5.79. The fourth-order valence-electron chi connectivity index (χ4n) is 2.95. The summed E-state index contributed by atoms with van der Waals surface area (Å²) in [6.45, 7) is 2.75. The summed E-state index contributed by atoms with van der Waals surface area (Å²) in [7, 11) is 1.84. The van der Waals surface area contributed by atoms with Crippen molar-refractivity contribution in [3.05, 3.63) is 29.3 Å². The molecule has 0 atom stereocenters. The van der Waals surface area contributed by atoms with Gasteiger partial charge < -0.3 is 15.4 Å². The van der Waals surface area contributed by atoms with Crippen LogP contribution in [0.15, 0.2) is 23.2 Å². The van der Waals surface area contributed by atoms with Crippen molar-refractivity contribution in [2.45, 2.75) is 38.5 Å². The maximum absolute atomic E-state index is 5.54. The number of guanidine groups is 1. The Morgan fingerprint density at radius 1 is 1.27 bits per heavy atom. The maximum atomic E-state index is 5.54. The molecule has 22 heavy (non-hydrogen) atoms. The van der Waals surface area contributed by atoms with Crippen molar-refractivity contribution in [3.63, 3.8) is 0 Å². The van der Waals surface area contributed by atoms with E-state index < -0.39 is 0 Å². The molecule has 1 aromatic carbocycles. The van der Waals surface area contributed by atoms with E-state index in [1.54, 1.807) is 0 Å². The molecule has 1 saturated carbocycles. The topological polar surface area (TPSA) is 45.7 Å². The zero-order valence-electron chi connectivity index (χ0n) is 13.5. The fourth-order valence-corrected chi connectivity index (χ4v) is 2.95. The van der Waals surface area contributed by atoms with Crippen LogP contribution >= 0.6 is 0 Å². The summed E-state index contributed by atoms with van der Waals surface area (Å²) in [6.07, 6.45) is 7.55. The molecule has 0 amide bonds. The highest BCUT2D eigenvalue weighted by Crippen LogP contribution is 2.33. The van der Waals surface area contributed by atoms with Gasteiger partial charge in [0.25, 0.3) is 0 Å². The third-order valence-corrected chi connectivity index (χ3v) is 4.46. The van der Waals surface area contributed by atoms with Gasteiger partial charge in [-0.15, -0.1) is 0 Å². The van der Waals surface area contributed by atoms with Gasteiger partial charge in [-0.2, -0.15) is 0 Å². The van der Waals surface area contributed by atoms with Gasteiger partial charge in [0.2, 0.25) is 0 Å². The van der Waals surface area contributed by atoms with E-state index in [9.17, 15) is 0 Å². The van der Waals surface area contributed by atoms with E-state index in [0.29, 0.717) is 0 Å². The standard InChI is InChI=1S/C18H27N3O/c1-19-18(20-10-2-3-14-4-5-14)21-11-8-15-6-7-17-16(13-15)9-12-22-17/h6-7,13-14H,2-5,8-12H2,1H3,(H2,19,20,21). The third-order valence-electron chi connectivity index (χ3n) is 4.46. The Bertz CT molecular complexity index is 523. The molecule has 120 valence electrons. The van der Waals surface area contributed by atoms with E-state index >= 15 is 0 Å². The molecule has 1 heterocycles. The molecule has 0 unspecified atom stereocenters. The van der Waals surface area contributed by atoms with Gasteiger partial charge in [0, 0.05) is 26.6 Å². The SMILES string of the molecule is CN=C(NCCCC1CC1)NCCc1ccc2c(c1)CCO2. The van der Waals surface area contributed by atoms with Gasteiger partial charge in [-0.25, -0.2) is 0 Å². The van der Waals surface area contributed by atoms with Crippen molar-refractivity contribution >= 4 is 5.96 Å². The first kappa shape index (κ1) is 15.2. The molecule has 1 aliphatic heterocycles. The van der Waals surface area contributed by atoms with Crippen molar-refractivity contribution in [2.24, 2.45) is 10.9 Å². The average molecular weight is 301 g/mol. The molecule has 2 N–H and O–H groups in total. The number of hydrogen-bond donors (Lipinski definition) is 2. The third kappa shape index (κ3) is 4.39. The lowest BCUT2D eigenvalue weighted by Crippen LogP contribution is -2.38. The van der Waals surface area contributed by atoms with Crippen molar-refractivity contribution in [1.82, 2.24) is 10.6 Å². The summed E-state index contributed by atoms with van der Waals surface area (Å²) in [5.41, 5.74) is 2.71. The summed E-state index contributed by atoms with van der Waals surface area (Å²) < 4.78 is 5.54. The number of nitrogens with zero attached hydrogens (tertiary/aromatic N) is 1. The Morgan fingerprint density at radius 3 is 2.95 bits per heavy atom. The first-order chi connectivity index (χ1) is 10.8. The van der Waals surface area contributed by atoms with Gasteiger partial charge >= 0.3 is 0 Å². The molecule has 2 aliphatic rings. The van der Waals surface area contributed by atoms with E-state index in [2.05, 4.69) is 33.8 Å². The Labute approximate surface area is 133 Å². The van der Waals surface area contributed by atoms with Crippen LogP contribution in [0.2, 0.25) is 0 Å². The molecule has 4 nitrogen and oxygen atoms in total. The van der Waals surface area contributed by atoms with E-state index in [1.165, 1.54) is 36.8 Å². The number of aliphatic imine (C=N–C) groups is 1. The summed E-state index contributed by atoms with van der Waals surface area (Å²) in [4.78, 5) is 4.28. The molecule has 0 aromatic heterocycles. The van der Waals surface area contributed by atoms with Crippen LogP contribution in [0.1, 0.15) is 36.8 Å². The number of fused-ring (bicyclic) bond motifs is 1. The number of benzene rings is 1. The maximum Gasteiger partial charge on any atom is 0.190 e. The lowest BCUT2D eigenvalue weighted by Gasteiger charge is -2.12. The van der Waals surface area contributed by atoms with Gasteiger partial charge in [0.15, 0.2) is 5.96 Å². The first-order valence-corrected chi connectivity index (χ1v) is 8.54. The summed E-state index contributed by atoms with van der Waals surface area (Å²) >= 11 is 0. The Balaban J connectivity index is 1.35. The molecule has 3 rings (SSSR count). The van der Waals surface area contributed by atoms with Crippen molar-refractivity contribution < 1.29 is 4.74 Å². The summed E-state index contributed by atoms with van der Waals surface area (Å²) in [5.74, 6) is 2.99. The van der Waals surface area contributed by atoms with Crippen molar-refractivity contribution in [2.75, 3.05) is 26.7 Å². The van der Waals surface area contributed by atoms with E-state index in [0.717, 1.165) is 50.2 Å². The normalized spacial score (nSPS) is 17.0. The molecule has 1 aromatic rings. The van der Waals surface area contributed by atoms with Crippen LogP contribution in [0.25, 0.3) is 0 Å². The largest absolute Gasteiger partial charge is 0.493 e. The number of hydrogen-bond acceptors (Lipinski definition) is 2. The molecule has 0 radical (unpaired) electrons. The van der Waals surface area contributed by atoms with E-state index in [-0.39, 0.29) is 0 Å². The predicted molar refractivity (Wildman–Crippen MR) is 90.7 cm³/mol. The van der Waals surface area contributed by atoms with Gasteiger partial charge in [0.1, 0.15) is 5.75 Å². The van der Waals surface area contributed by atoms with Crippen LogP contribution in [0, 0.1) is 5.92 Å². The lowest BCUT2D eigenvalue weighted by atomic mass is 10.1. The van der Waals surface area contributed by atoms with Gasteiger partial charge in [-0.05, 0) is 42.4 Å². The Morgan fingerprint density at radius 2 is 2.14 bits per heavy atom. The minimum Gasteiger partial charge on any atom is -0.493 e. The molecule has 1 aliphatic carbocycles. The quantitative estimate of drug-likeness (QED) is 0.462. The number of rotatable bonds is 7. The second-order valence-electron chi connectivity index (χ2n) is 6.30. The summed E-state index contributed by atoms with van der Waals surface area (Å²) in [6, 6.07) is 6.54. The van der Waals surface area contributed by atoms with Gasteiger partial charge in [-0.3, -0.25) is 4.99 Å². The van der Waals surface area contributed by atoms with Crippen LogP contribution in [-0.4, -0.2) is 32.7 Å². The zero-order chi connectivity index (χ0) is 15.2. The summed E-state index contributed by atoms with van der Waals surface area (Å²) in [5, 5.41) is 6.80. The molecule has 0 saturated heterocycles. The molecule has 0 bridgehead atoms. The highest BCUT2D eigenvalue weighted by Gasteiger charge is 2.19. The zero-order valence-corrected chi connectivity index (χ0v) is 13.5. The highest BCUT2D eigenvalue weighted by atomic mass is 16.5. The Kier molecular flexibility index (Phi) is 5.20. The Hall–Kier alpha value is -1.71. The molecule has 4 heteroatoms. The first-order valence-electron chi connectivity index (χ1n) is 8.54. The molecular weight excluding hydrogens is 274 g/mol. The lowest BCUT2D eigenvalue weighted by molar-refractivity contribution is 0.357. The van der Waals surface area contributed by atoms with Crippen LogP contribution in [0.3, 0.4) is 0 Å². The monoisotopic (exact) mass is 301 g/mol. The van der Waals surface area contributed by atoms with Crippen molar-refractivity contribution in [1.29, 1.82) is 0 Å². The van der Waals surface area contributed by atoms with E-state index in [4.69, 9.17) is 4.74 Å². The number of ether oxygens (including phenoxy) is 1. The predicted octanol–water partition coefficient (Wildman–Crippen LogP) is 2.52. The van der Waals surface area contributed by atoms with Crippen LogP contribution in [0.4, 0.5) is 0 Å². The molecule has 1 fully saturated rings. The minimum atomic E-state index is 0.828. The van der Waals surface area contributed by atoms with Gasteiger partial charge in [-0.1, -0.05) is 25.0 Å². The fraction of sp³-hybridized carbons (Fsp3) is 0.611. The minimum absolute atomic E-state index is 0.828. The molecule has 0 spiro atoms. The number of nitrogens with one attached hydrogen (secondary N) is 2. The van der Waals surface area contributed by atoms with Crippen molar-refractivity contribution in [3.8, 4) is 5.75 Å². The van der Waals surface area contributed by atoms with Crippen LogP contribution in [0.5, 0.6) is 5.75 Å². The van der Waals surface area contributed by atoms with Crippen LogP contribution < -0.4 is 15.4 Å². The van der Waals surface area contributed by atoms with Gasteiger partial charge in [0.05, 0.1) is 6.61 Å². The molecular formula is C18H27N3O. The average Bonchev–Trinajstić information content (AvgIpc) is 3.25. The van der Waals surface area contributed by atoms with Crippen LogP contribution in [-0.2, 0) is 12.8 Å². The second kappa shape index (κ2) is 7.52. The smallest absolute Gasteiger partial charge is 0.190 e. The second-order valence-corrected chi connectivity index (χ2v) is 6.30.